The lowest BCUT2D eigenvalue weighted by atomic mass is 9.80. The number of hydrogen-bond donors (Lipinski definition) is 2. The zero-order valence-electron chi connectivity index (χ0n) is 16.8. The first-order chi connectivity index (χ1) is 13.1. The number of carbonyl (C=O) groups is 2. The number of rotatable bonds is 3. The van der Waals surface area contributed by atoms with Gasteiger partial charge < -0.3 is 15.2 Å². The summed E-state index contributed by atoms with van der Waals surface area (Å²) in [6.45, 7) is 9.58. The summed E-state index contributed by atoms with van der Waals surface area (Å²) >= 11 is 0. The summed E-state index contributed by atoms with van der Waals surface area (Å²) in [7, 11) is 0. The molecule has 0 bridgehead atoms. The van der Waals surface area contributed by atoms with Gasteiger partial charge in [0.2, 0.25) is 17.2 Å². The van der Waals surface area contributed by atoms with E-state index in [9.17, 15) is 14.7 Å². The van der Waals surface area contributed by atoms with E-state index in [0.29, 0.717) is 22.4 Å². The van der Waals surface area contributed by atoms with Crippen molar-refractivity contribution < 1.29 is 19.4 Å². The van der Waals surface area contributed by atoms with Crippen molar-refractivity contribution in [2.45, 2.75) is 57.8 Å². The van der Waals surface area contributed by atoms with Crippen molar-refractivity contribution >= 4 is 11.7 Å². The highest BCUT2D eigenvalue weighted by Gasteiger charge is 2.71. The zero-order valence-corrected chi connectivity index (χ0v) is 16.8. The second kappa shape index (κ2) is 5.92. The van der Waals surface area contributed by atoms with Crippen LogP contribution in [0.5, 0.6) is 5.75 Å². The third kappa shape index (κ3) is 2.17. The maximum atomic E-state index is 13.6. The van der Waals surface area contributed by atoms with E-state index in [4.69, 9.17) is 4.74 Å². The van der Waals surface area contributed by atoms with Gasteiger partial charge in [0.25, 0.3) is 5.79 Å². The minimum atomic E-state index is -1.98. The highest BCUT2D eigenvalue weighted by atomic mass is 16.6. The first kappa shape index (κ1) is 18.7. The lowest BCUT2D eigenvalue weighted by molar-refractivity contribution is -0.175. The SMILES string of the molecule is CC(=O)NC12C(=O)c3ccccc3C1(O)Oc1c(C(C)C)cc(C(C)C)cc12. The van der Waals surface area contributed by atoms with Crippen LogP contribution in [0.2, 0.25) is 0 Å². The molecule has 2 atom stereocenters. The van der Waals surface area contributed by atoms with Crippen molar-refractivity contribution in [3.63, 3.8) is 0 Å². The van der Waals surface area contributed by atoms with Gasteiger partial charge in [-0.2, -0.15) is 0 Å². The van der Waals surface area contributed by atoms with Gasteiger partial charge in [-0.25, -0.2) is 0 Å². The van der Waals surface area contributed by atoms with Gasteiger partial charge in [-0.05, 0) is 29.0 Å². The lowest BCUT2D eigenvalue weighted by Gasteiger charge is -2.34. The fourth-order valence-electron chi connectivity index (χ4n) is 4.42. The van der Waals surface area contributed by atoms with Gasteiger partial charge in [0.05, 0.1) is 0 Å². The summed E-state index contributed by atoms with van der Waals surface area (Å²) in [4.78, 5) is 25.8. The molecule has 2 unspecified atom stereocenters. The van der Waals surface area contributed by atoms with E-state index in [2.05, 4.69) is 25.2 Å². The average Bonchev–Trinajstić information content (AvgIpc) is 2.98. The van der Waals surface area contributed by atoms with Gasteiger partial charge in [0.15, 0.2) is 0 Å². The highest BCUT2D eigenvalue weighted by Crippen LogP contribution is 2.60. The Morgan fingerprint density at radius 3 is 2.36 bits per heavy atom. The molecule has 1 aliphatic heterocycles. The second-order valence-electron chi connectivity index (χ2n) is 8.35. The zero-order chi connectivity index (χ0) is 20.4. The second-order valence-corrected chi connectivity index (χ2v) is 8.35. The largest absolute Gasteiger partial charge is 0.454 e. The van der Waals surface area contributed by atoms with E-state index in [1.165, 1.54) is 6.92 Å². The topological polar surface area (TPSA) is 75.6 Å². The van der Waals surface area contributed by atoms with E-state index in [1.807, 2.05) is 19.9 Å². The molecule has 2 aliphatic rings. The Bertz CT molecular complexity index is 1010. The molecule has 0 radical (unpaired) electrons. The number of ether oxygens (including phenoxy) is 1. The van der Waals surface area contributed by atoms with Crippen molar-refractivity contribution in [2.24, 2.45) is 0 Å². The van der Waals surface area contributed by atoms with Crippen LogP contribution in [0.15, 0.2) is 36.4 Å². The standard InChI is InChI=1S/C23H25NO4/c1-12(2)15-10-17(13(3)4)20-19(11-15)22(24-14(5)25)21(26)16-8-6-7-9-18(16)23(22,27)28-20/h6-13,27H,1-5H3,(H,24,25). The van der Waals surface area contributed by atoms with Gasteiger partial charge in [-0.1, -0.05) is 58.0 Å². The van der Waals surface area contributed by atoms with Crippen LogP contribution in [-0.2, 0) is 16.1 Å². The summed E-state index contributed by atoms with van der Waals surface area (Å²) in [5.41, 5.74) is 1.53. The fraction of sp³-hybridized carbons (Fsp3) is 0.391. The highest BCUT2D eigenvalue weighted by molar-refractivity contribution is 6.12. The molecule has 4 rings (SSSR count). The molecule has 0 saturated carbocycles. The molecule has 0 spiro atoms. The van der Waals surface area contributed by atoms with E-state index in [1.54, 1.807) is 24.3 Å². The third-order valence-electron chi connectivity index (χ3n) is 5.83. The van der Waals surface area contributed by atoms with Crippen molar-refractivity contribution in [1.29, 1.82) is 0 Å². The minimum absolute atomic E-state index is 0.120. The predicted octanol–water partition coefficient (Wildman–Crippen LogP) is 3.70. The van der Waals surface area contributed by atoms with Crippen LogP contribution in [0.4, 0.5) is 0 Å². The maximum Gasteiger partial charge on any atom is 0.271 e. The molecule has 2 aromatic carbocycles. The summed E-state index contributed by atoms with van der Waals surface area (Å²) in [5.74, 6) is -1.92. The number of fused-ring (bicyclic) bond motifs is 5. The average molecular weight is 379 g/mol. The number of aliphatic hydroxyl groups is 1. The molecule has 5 heteroatoms. The Morgan fingerprint density at radius 2 is 1.75 bits per heavy atom. The van der Waals surface area contributed by atoms with Gasteiger partial charge in [0, 0.05) is 23.6 Å². The Kier molecular flexibility index (Phi) is 3.95. The molecule has 1 amide bonds. The van der Waals surface area contributed by atoms with E-state index in [-0.39, 0.29) is 17.6 Å². The van der Waals surface area contributed by atoms with Gasteiger partial charge in [0.1, 0.15) is 5.75 Å². The fourth-order valence-corrected chi connectivity index (χ4v) is 4.42. The molecule has 2 N–H and O–H groups in total. The quantitative estimate of drug-likeness (QED) is 0.853. The Morgan fingerprint density at radius 1 is 1.07 bits per heavy atom. The minimum Gasteiger partial charge on any atom is -0.454 e. The molecule has 1 aliphatic carbocycles. The summed E-state index contributed by atoms with van der Waals surface area (Å²) in [6.07, 6.45) is 0. The van der Waals surface area contributed by atoms with E-state index < -0.39 is 17.2 Å². The van der Waals surface area contributed by atoms with Crippen LogP contribution in [-0.4, -0.2) is 16.8 Å². The van der Waals surface area contributed by atoms with Gasteiger partial charge in [-0.15, -0.1) is 0 Å². The van der Waals surface area contributed by atoms with Gasteiger partial charge >= 0.3 is 0 Å². The maximum absolute atomic E-state index is 13.6. The molecule has 0 fully saturated rings. The molecule has 146 valence electrons. The van der Waals surface area contributed by atoms with Crippen molar-refractivity contribution in [1.82, 2.24) is 5.32 Å². The molecule has 2 aromatic rings. The summed E-state index contributed by atoms with van der Waals surface area (Å²) < 4.78 is 6.17. The van der Waals surface area contributed by atoms with Crippen LogP contribution >= 0.6 is 0 Å². The lowest BCUT2D eigenvalue weighted by Crippen LogP contribution is -2.59. The van der Waals surface area contributed by atoms with Crippen LogP contribution < -0.4 is 10.1 Å². The number of benzene rings is 2. The third-order valence-corrected chi connectivity index (χ3v) is 5.83. The van der Waals surface area contributed by atoms with Crippen molar-refractivity contribution in [2.75, 3.05) is 0 Å². The first-order valence-electron chi connectivity index (χ1n) is 9.66. The predicted molar refractivity (Wildman–Crippen MR) is 105 cm³/mol. The molecule has 1 heterocycles. The molecule has 28 heavy (non-hydrogen) atoms. The summed E-state index contributed by atoms with van der Waals surface area (Å²) in [5, 5.41) is 14.5. The van der Waals surface area contributed by atoms with E-state index in [0.717, 1.165) is 11.1 Å². The molecule has 5 nitrogen and oxygen atoms in total. The Balaban J connectivity index is 2.09. The number of amides is 1. The Hall–Kier alpha value is -2.66. The van der Waals surface area contributed by atoms with Crippen LogP contribution in [0.3, 0.4) is 0 Å². The van der Waals surface area contributed by atoms with Crippen LogP contribution in [0, 0.1) is 0 Å². The van der Waals surface area contributed by atoms with Crippen molar-refractivity contribution in [3.05, 3.63) is 64.2 Å². The van der Waals surface area contributed by atoms with Crippen LogP contribution in [0.1, 0.15) is 79.1 Å². The Labute approximate surface area is 164 Å². The number of ketones is 1. The summed E-state index contributed by atoms with van der Waals surface area (Å²) in [6, 6.07) is 10.8. The monoisotopic (exact) mass is 379 g/mol. The molecule has 0 saturated heterocycles. The van der Waals surface area contributed by atoms with E-state index >= 15 is 0 Å². The first-order valence-corrected chi connectivity index (χ1v) is 9.66. The number of hydrogen-bond acceptors (Lipinski definition) is 4. The van der Waals surface area contributed by atoms with Crippen molar-refractivity contribution in [3.8, 4) is 5.75 Å². The van der Waals surface area contributed by atoms with Gasteiger partial charge in [-0.3, -0.25) is 9.59 Å². The molecule has 0 aromatic heterocycles. The number of nitrogens with one attached hydrogen (secondary N) is 1. The number of carbonyl (C=O) groups excluding carboxylic acids is 2. The normalized spacial score (nSPS) is 24.8. The molecular weight excluding hydrogens is 354 g/mol. The smallest absolute Gasteiger partial charge is 0.271 e. The number of Topliss-reactive ketones (excluding diaryl/α,β-unsaturated/α-hetero) is 1. The molecular formula is C23H25NO4. The van der Waals surface area contributed by atoms with Crippen LogP contribution in [0.25, 0.3) is 0 Å².